The van der Waals surface area contributed by atoms with Crippen LogP contribution in [0.25, 0.3) is 0 Å². The van der Waals surface area contributed by atoms with Gasteiger partial charge in [0.05, 0.1) is 18.7 Å². The van der Waals surface area contributed by atoms with Crippen LogP contribution in [-0.4, -0.2) is 30.4 Å². The van der Waals surface area contributed by atoms with Crippen LogP contribution in [0, 0.1) is 5.82 Å². The fraction of sp³-hybridized carbons (Fsp3) is 0.250. The Kier molecular flexibility index (Phi) is 6.00. The molecule has 28 heavy (non-hydrogen) atoms. The molecule has 1 saturated heterocycles. The van der Waals surface area contributed by atoms with Crippen LogP contribution in [0.5, 0.6) is 5.75 Å². The normalized spacial score (nSPS) is 16.4. The molecule has 3 amide bonds. The molecule has 8 heteroatoms. The lowest BCUT2D eigenvalue weighted by Gasteiger charge is -2.16. The molecule has 1 heterocycles. The summed E-state index contributed by atoms with van der Waals surface area (Å²) in [4.78, 5) is 38.0. The first kappa shape index (κ1) is 19.5. The van der Waals surface area contributed by atoms with Crippen molar-refractivity contribution in [1.29, 1.82) is 0 Å². The Hall–Kier alpha value is -3.26. The zero-order chi connectivity index (χ0) is 20.1. The van der Waals surface area contributed by atoms with E-state index in [1.807, 2.05) is 6.92 Å². The van der Waals surface area contributed by atoms with E-state index in [-0.39, 0.29) is 17.9 Å². The van der Waals surface area contributed by atoms with Gasteiger partial charge >= 0.3 is 0 Å². The highest BCUT2D eigenvalue weighted by Crippen LogP contribution is 2.25. The molecular formula is C20H20FN3O4. The molecule has 7 nitrogen and oxygen atoms in total. The molecule has 0 aliphatic carbocycles. The van der Waals surface area contributed by atoms with Gasteiger partial charge in [-0.1, -0.05) is 13.0 Å². The topological polar surface area (TPSA) is 87.7 Å². The number of anilines is 1. The molecule has 1 aliphatic rings. The standard InChI is InChI=1S/C20H20FN3O4/c1-2-10-28-16-8-6-15(7-9-16)24-18(25)12-17(20(24)27)22-23-19(26)13-4-3-5-14(21)11-13/h3-9,11,17,22H,2,10,12H2,1H3,(H,23,26)/t17-/m1/s1. The molecule has 2 N–H and O–H groups in total. The van der Waals surface area contributed by atoms with Crippen LogP contribution in [0.15, 0.2) is 48.5 Å². The number of hydrazine groups is 1. The number of carbonyl (C=O) groups is 3. The van der Waals surface area contributed by atoms with Gasteiger partial charge in [-0.05, 0) is 48.9 Å². The Balaban J connectivity index is 1.62. The molecule has 146 valence electrons. The molecule has 3 rings (SSSR count). The fourth-order valence-corrected chi connectivity index (χ4v) is 2.78. The minimum Gasteiger partial charge on any atom is -0.494 e. The van der Waals surface area contributed by atoms with Crippen molar-refractivity contribution in [2.75, 3.05) is 11.5 Å². The number of carbonyl (C=O) groups excluding carboxylic acids is 3. The van der Waals surface area contributed by atoms with E-state index < -0.39 is 23.7 Å². The number of nitrogens with zero attached hydrogens (tertiary/aromatic N) is 1. The Bertz CT molecular complexity index is 885. The van der Waals surface area contributed by atoms with Crippen LogP contribution < -0.4 is 20.5 Å². The van der Waals surface area contributed by atoms with Gasteiger partial charge in [-0.15, -0.1) is 0 Å². The van der Waals surface area contributed by atoms with E-state index in [0.29, 0.717) is 18.0 Å². The van der Waals surface area contributed by atoms with Gasteiger partial charge in [-0.25, -0.2) is 14.7 Å². The lowest BCUT2D eigenvalue weighted by Crippen LogP contribution is -2.48. The van der Waals surface area contributed by atoms with Crippen molar-refractivity contribution in [1.82, 2.24) is 10.9 Å². The number of imide groups is 1. The molecule has 1 fully saturated rings. The third-order valence-corrected chi connectivity index (χ3v) is 4.16. The lowest BCUT2D eigenvalue weighted by atomic mass is 10.2. The zero-order valence-corrected chi connectivity index (χ0v) is 15.3. The van der Waals surface area contributed by atoms with Crippen LogP contribution in [0.1, 0.15) is 30.1 Å². The molecule has 2 aromatic rings. The largest absolute Gasteiger partial charge is 0.494 e. The molecule has 1 atom stereocenters. The molecule has 0 bridgehead atoms. The maximum Gasteiger partial charge on any atom is 0.265 e. The summed E-state index contributed by atoms with van der Waals surface area (Å²) in [5.74, 6) is -1.36. The van der Waals surface area contributed by atoms with Crippen molar-refractivity contribution in [3.8, 4) is 5.75 Å². The monoisotopic (exact) mass is 385 g/mol. The van der Waals surface area contributed by atoms with E-state index in [9.17, 15) is 18.8 Å². The van der Waals surface area contributed by atoms with Crippen LogP contribution in [0.2, 0.25) is 0 Å². The number of nitrogens with one attached hydrogen (secondary N) is 2. The minimum absolute atomic E-state index is 0.101. The molecule has 0 aromatic heterocycles. The predicted octanol–water partition coefficient (Wildman–Crippen LogP) is 2.18. The van der Waals surface area contributed by atoms with Crippen molar-refractivity contribution in [3.63, 3.8) is 0 Å². The third kappa shape index (κ3) is 4.34. The summed E-state index contributed by atoms with van der Waals surface area (Å²) >= 11 is 0. The van der Waals surface area contributed by atoms with E-state index in [0.717, 1.165) is 17.4 Å². The maximum absolute atomic E-state index is 13.2. The highest BCUT2D eigenvalue weighted by molar-refractivity contribution is 6.22. The number of hydrogen-bond acceptors (Lipinski definition) is 5. The average Bonchev–Trinajstić information content (AvgIpc) is 2.98. The van der Waals surface area contributed by atoms with E-state index in [2.05, 4.69) is 10.9 Å². The fourth-order valence-electron chi connectivity index (χ4n) is 2.78. The molecule has 1 aliphatic heterocycles. The van der Waals surface area contributed by atoms with E-state index in [1.54, 1.807) is 24.3 Å². The van der Waals surface area contributed by atoms with Crippen LogP contribution in [0.3, 0.4) is 0 Å². The highest BCUT2D eigenvalue weighted by atomic mass is 19.1. The predicted molar refractivity (Wildman–Crippen MR) is 100 cm³/mol. The zero-order valence-electron chi connectivity index (χ0n) is 15.3. The summed E-state index contributed by atoms with van der Waals surface area (Å²) in [5, 5.41) is 0. The Morgan fingerprint density at radius 3 is 2.64 bits per heavy atom. The second kappa shape index (κ2) is 8.62. The van der Waals surface area contributed by atoms with Crippen molar-refractivity contribution in [2.45, 2.75) is 25.8 Å². The Morgan fingerprint density at radius 2 is 1.96 bits per heavy atom. The van der Waals surface area contributed by atoms with Gasteiger partial charge in [-0.2, -0.15) is 0 Å². The van der Waals surface area contributed by atoms with Gasteiger partial charge in [0.1, 0.15) is 17.6 Å². The summed E-state index contributed by atoms with van der Waals surface area (Å²) in [6.07, 6.45) is 0.774. The van der Waals surface area contributed by atoms with Crippen LogP contribution in [-0.2, 0) is 9.59 Å². The second-order valence-corrected chi connectivity index (χ2v) is 6.28. The van der Waals surface area contributed by atoms with Gasteiger partial charge in [-0.3, -0.25) is 19.8 Å². The van der Waals surface area contributed by atoms with Gasteiger partial charge in [0.25, 0.3) is 11.8 Å². The quantitative estimate of drug-likeness (QED) is 0.564. The first-order chi connectivity index (χ1) is 13.5. The first-order valence-corrected chi connectivity index (χ1v) is 8.90. The molecule has 0 unspecified atom stereocenters. The SMILES string of the molecule is CCCOc1ccc(N2C(=O)C[C@@H](NNC(=O)c3cccc(F)c3)C2=O)cc1. The van der Waals surface area contributed by atoms with Gasteiger partial charge in [0.2, 0.25) is 5.91 Å². The van der Waals surface area contributed by atoms with Crippen LogP contribution >= 0.6 is 0 Å². The summed E-state index contributed by atoms with van der Waals surface area (Å²) in [6, 6.07) is 10.9. The molecule has 2 aromatic carbocycles. The third-order valence-electron chi connectivity index (χ3n) is 4.16. The number of halogens is 1. The molecule has 0 saturated carbocycles. The molecular weight excluding hydrogens is 365 g/mol. The van der Waals surface area contributed by atoms with Gasteiger partial charge in [0, 0.05) is 5.56 Å². The Labute approximate surface area is 161 Å². The second-order valence-electron chi connectivity index (χ2n) is 6.28. The van der Waals surface area contributed by atoms with E-state index in [1.165, 1.54) is 18.2 Å². The summed E-state index contributed by atoms with van der Waals surface area (Å²) in [5.41, 5.74) is 5.44. The van der Waals surface area contributed by atoms with E-state index in [4.69, 9.17) is 4.74 Å². The van der Waals surface area contributed by atoms with Gasteiger partial charge in [0.15, 0.2) is 0 Å². The number of rotatable bonds is 7. The smallest absolute Gasteiger partial charge is 0.265 e. The van der Waals surface area contributed by atoms with Crippen molar-refractivity contribution < 1.29 is 23.5 Å². The summed E-state index contributed by atoms with van der Waals surface area (Å²) in [6.45, 7) is 2.58. The van der Waals surface area contributed by atoms with E-state index >= 15 is 0 Å². The summed E-state index contributed by atoms with van der Waals surface area (Å²) < 4.78 is 18.7. The average molecular weight is 385 g/mol. The number of benzene rings is 2. The van der Waals surface area contributed by atoms with Crippen molar-refractivity contribution >= 4 is 23.4 Å². The van der Waals surface area contributed by atoms with Gasteiger partial charge < -0.3 is 4.74 Å². The maximum atomic E-state index is 13.2. The number of hydrogen-bond donors (Lipinski definition) is 2. The van der Waals surface area contributed by atoms with Crippen LogP contribution in [0.4, 0.5) is 10.1 Å². The molecule has 0 spiro atoms. The minimum atomic E-state index is -0.902. The Morgan fingerprint density at radius 1 is 1.21 bits per heavy atom. The number of ether oxygens (including phenoxy) is 1. The van der Waals surface area contributed by atoms with Crippen molar-refractivity contribution in [2.24, 2.45) is 0 Å². The lowest BCUT2D eigenvalue weighted by molar-refractivity contribution is -0.121. The molecule has 0 radical (unpaired) electrons. The van der Waals surface area contributed by atoms with Crippen molar-refractivity contribution in [3.05, 3.63) is 59.9 Å². The number of amides is 3. The first-order valence-electron chi connectivity index (χ1n) is 8.90. The summed E-state index contributed by atoms with van der Waals surface area (Å²) in [7, 11) is 0. The highest BCUT2D eigenvalue weighted by Gasteiger charge is 2.39.